The Kier molecular flexibility index (Phi) is 5.49. The fraction of sp³-hybridized carbons (Fsp3) is 0.286. The van der Waals surface area contributed by atoms with Gasteiger partial charge in [-0.2, -0.15) is 5.10 Å². The fourth-order valence-corrected chi connectivity index (χ4v) is 3.81. The molecule has 0 spiro atoms. The number of nitrogens with one attached hydrogen (secondary N) is 1. The lowest BCUT2D eigenvalue weighted by Crippen LogP contribution is -2.35. The summed E-state index contributed by atoms with van der Waals surface area (Å²) in [6.45, 7) is 1.07. The number of hydrogen-bond acceptors (Lipinski definition) is 3. The molecule has 0 saturated heterocycles. The van der Waals surface area contributed by atoms with Crippen molar-refractivity contribution in [1.29, 1.82) is 0 Å². The van der Waals surface area contributed by atoms with Gasteiger partial charge in [0.15, 0.2) is 0 Å². The van der Waals surface area contributed by atoms with E-state index in [1.165, 1.54) is 22.9 Å². The topological polar surface area (TPSA) is 68.9 Å². The van der Waals surface area contributed by atoms with Gasteiger partial charge < -0.3 is 5.32 Å². The van der Waals surface area contributed by atoms with Gasteiger partial charge in [-0.05, 0) is 36.1 Å². The predicted molar refractivity (Wildman–Crippen MR) is 107 cm³/mol. The van der Waals surface area contributed by atoms with Gasteiger partial charge in [0, 0.05) is 18.1 Å². The Morgan fingerprint density at radius 2 is 2.03 bits per heavy atom. The van der Waals surface area contributed by atoms with Gasteiger partial charge in [-0.3, -0.25) is 9.36 Å². The molecule has 150 valence electrons. The number of fused-ring (bicyclic) bond motifs is 1. The van der Waals surface area contributed by atoms with Gasteiger partial charge in [0.25, 0.3) is 0 Å². The fourth-order valence-electron chi connectivity index (χ4n) is 3.58. The molecule has 1 atom stereocenters. The van der Waals surface area contributed by atoms with Gasteiger partial charge in [-0.1, -0.05) is 48.0 Å². The molecule has 2 aromatic carbocycles. The third-order valence-corrected chi connectivity index (χ3v) is 5.45. The lowest BCUT2D eigenvalue weighted by molar-refractivity contribution is -0.123. The van der Waals surface area contributed by atoms with Gasteiger partial charge in [-0.15, -0.1) is 0 Å². The highest BCUT2D eigenvalue weighted by Crippen LogP contribution is 2.25. The van der Waals surface area contributed by atoms with Crippen molar-refractivity contribution in [2.45, 2.75) is 38.4 Å². The molecule has 1 amide bonds. The largest absolute Gasteiger partial charge is 0.351 e. The lowest BCUT2D eigenvalue weighted by Gasteiger charge is -2.21. The Balaban J connectivity index is 1.55. The Morgan fingerprint density at radius 1 is 1.24 bits per heavy atom. The summed E-state index contributed by atoms with van der Waals surface area (Å²) < 4.78 is 16.1. The molecular formula is C21H20ClFN4O2. The smallest absolute Gasteiger partial charge is 0.346 e. The van der Waals surface area contributed by atoms with Crippen molar-refractivity contribution >= 4 is 17.5 Å². The maximum atomic E-state index is 13.3. The number of halogens is 2. The SMILES string of the molecule is O=C(NCc1ccccc1)C1CCCn2c1nn(Cc1ccc(F)cc1Cl)c2=O. The Labute approximate surface area is 171 Å². The van der Waals surface area contributed by atoms with Crippen LogP contribution in [0.25, 0.3) is 0 Å². The first-order valence-corrected chi connectivity index (χ1v) is 9.84. The summed E-state index contributed by atoms with van der Waals surface area (Å²) in [5, 5.41) is 7.59. The molecule has 3 aromatic rings. The molecule has 6 nitrogen and oxygen atoms in total. The highest BCUT2D eigenvalue weighted by Gasteiger charge is 2.31. The van der Waals surface area contributed by atoms with Crippen LogP contribution in [0.5, 0.6) is 0 Å². The van der Waals surface area contributed by atoms with E-state index in [2.05, 4.69) is 10.4 Å². The zero-order valence-corrected chi connectivity index (χ0v) is 16.4. The van der Waals surface area contributed by atoms with Crippen molar-refractivity contribution in [2.75, 3.05) is 0 Å². The molecule has 2 heterocycles. The van der Waals surface area contributed by atoms with Crippen molar-refractivity contribution in [3.05, 3.63) is 86.8 Å². The number of benzene rings is 2. The molecule has 4 rings (SSSR count). The highest BCUT2D eigenvalue weighted by atomic mass is 35.5. The summed E-state index contributed by atoms with van der Waals surface area (Å²) in [5.74, 6) is -0.604. The molecule has 0 saturated carbocycles. The van der Waals surface area contributed by atoms with E-state index >= 15 is 0 Å². The third-order valence-electron chi connectivity index (χ3n) is 5.10. The molecule has 1 aromatic heterocycles. The second-order valence-electron chi connectivity index (χ2n) is 7.08. The zero-order valence-electron chi connectivity index (χ0n) is 15.6. The number of rotatable bonds is 5. The summed E-state index contributed by atoms with van der Waals surface area (Å²) >= 11 is 6.08. The van der Waals surface area contributed by atoms with E-state index < -0.39 is 11.7 Å². The molecule has 0 radical (unpaired) electrons. The van der Waals surface area contributed by atoms with Crippen LogP contribution in [-0.4, -0.2) is 20.3 Å². The Hall–Kier alpha value is -2.93. The minimum Gasteiger partial charge on any atom is -0.351 e. The van der Waals surface area contributed by atoms with E-state index in [4.69, 9.17) is 11.6 Å². The summed E-state index contributed by atoms with van der Waals surface area (Å²) in [5.41, 5.74) is 1.31. The zero-order chi connectivity index (χ0) is 20.4. The molecule has 1 aliphatic rings. The van der Waals surface area contributed by atoms with Crippen LogP contribution in [0, 0.1) is 5.82 Å². The normalized spacial score (nSPS) is 15.7. The molecule has 8 heteroatoms. The standard InChI is InChI=1S/C21H20ClFN4O2/c22-18-11-16(23)9-8-15(18)13-27-21(29)26-10-4-7-17(19(26)25-27)20(28)24-12-14-5-2-1-3-6-14/h1-3,5-6,8-9,11,17H,4,7,10,12-13H2,(H,24,28). The first kappa shape index (κ1) is 19.4. The molecule has 1 N–H and O–H groups in total. The predicted octanol–water partition coefficient (Wildman–Crippen LogP) is 3.08. The van der Waals surface area contributed by atoms with E-state index in [9.17, 15) is 14.0 Å². The number of nitrogens with zero attached hydrogens (tertiary/aromatic N) is 3. The van der Waals surface area contributed by atoms with Crippen LogP contribution in [0.3, 0.4) is 0 Å². The van der Waals surface area contributed by atoms with Crippen molar-refractivity contribution in [3.63, 3.8) is 0 Å². The van der Waals surface area contributed by atoms with Crippen LogP contribution in [0.1, 0.15) is 35.7 Å². The van der Waals surface area contributed by atoms with Gasteiger partial charge in [0.1, 0.15) is 11.6 Å². The van der Waals surface area contributed by atoms with Crippen molar-refractivity contribution < 1.29 is 9.18 Å². The van der Waals surface area contributed by atoms with Gasteiger partial charge in [-0.25, -0.2) is 13.9 Å². The van der Waals surface area contributed by atoms with Crippen LogP contribution >= 0.6 is 11.6 Å². The van der Waals surface area contributed by atoms with Crippen LogP contribution in [-0.2, 0) is 24.4 Å². The quantitative estimate of drug-likeness (QED) is 0.697. The Morgan fingerprint density at radius 3 is 2.79 bits per heavy atom. The second-order valence-corrected chi connectivity index (χ2v) is 7.49. The number of aromatic nitrogens is 3. The number of amides is 1. The summed E-state index contributed by atoms with van der Waals surface area (Å²) in [6.07, 6.45) is 1.35. The highest BCUT2D eigenvalue weighted by molar-refractivity contribution is 6.31. The van der Waals surface area contributed by atoms with E-state index in [0.29, 0.717) is 30.9 Å². The van der Waals surface area contributed by atoms with Crippen LogP contribution in [0.2, 0.25) is 5.02 Å². The monoisotopic (exact) mass is 414 g/mol. The third kappa shape index (κ3) is 4.10. The van der Waals surface area contributed by atoms with Crippen LogP contribution < -0.4 is 11.0 Å². The van der Waals surface area contributed by atoms with Crippen molar-refractivity contribution in [3.8, 4) is 0 Å². The number of carbonyl (C=O) groups is 1. The second kappa shape index (κ2) is 8.21. The van der Waals surface area contributed by atoms with E-state index in [1.54, 1.807) is 4.57 Å². The number of carbonyl (C=O) groups excluding carboxylic acids is 1. The molecule has 0 bridgehead atoms. The minimum absolute atomic E-state index is 0.121. The summed E-state index contributed by atoms with van der Waals surface area (Å²) in [6, 6.07) is 13.7. The average Bonchev–Trinajstić information content (AvgIpc) is 3.05. The van der Waals surface area contributed by atoms with Gasteiger partial charge in [0.2, 0.25) is 5.91 Å². The maximum Gasteiger partial charge on any atom is 0.346 e. The molecule has 0 fully saturated rings. The van der Waals surface area contributed by atoms with Crippen LogP contribution in [0.4, 0.5) is 4.39 Å². The van der Waals surface area contributed by atoms with Crippen LogP contribution in [0.15, 0.2) is 53.3 Å². The molecule has 29 heavy (non-hydrogen) atoms. The van der Waals surface area contributed by atoms with Crippen molar-refractivity contribution in [1.82, 2.24) is 19.7 Å². The summed E-state index contributed by atoms with van der Waals surface area (Å²) in [4.78, 5) is 25.5. The van der Waals surface area contributed by atoms with E-state index in [1.807, 2.05) is 30.3 Å². The Bertz CT molecular complexity index is 1090. The van der Waals surface area contributed by atoms with Gasteiger partial charge >= 0.3 is 5.69 Å². The average molecular weight is 415 g/mol. The molecule has 1 unspecified atom stereocenters. The van der Waals surface area contributed by atoms with Gasteiger partial charge in [0.05, 0.1) is 12.5 Å². The minimum atomic E-state index is -0.481. The molecule has 0 aliphatic carbocycles. The maximum absolute atomic E-state index is 13.3. The first-order valence-electron chi connectivity index (χ1n) is 9.46. The summed E-state index contributed by atoms with van der Waals surface area (Å²) in [7, 11) is 0. The molecule has 1 aliphatic heterocycles. The van der Waals surface area contributed by atoms with E-state index in [-0.39, 0.29) is 23.2 Å². The number of hydrogen-bond donors (Lipinski definition) is 1. The van der Waals surface area contributed by atoms with E-state index in [0.717, 1.165) is 12.0 Å². The molecular weight excluding hydrogens is 395 g/mol. The van der Waals surface area contributed by atoms with Crippen molar-refractivity contribution in [2.24, 2.45) is 0 Å². The first-order chi connectivity index (χ1) is 14.0. The lowest BCUT2D eigenvalue weighted by atomic mass is 9.98.